The van der Waals surface area contributed by atoms with E-state index in [-0.39, 0.29) is 6.01 Å². The van der Waals surface area contributed by atoms with Crippen molar-refractivity contribution in [2.45, 2.75) is 12.8 Å². The number of hydrogen-bond acceptors (Lipinski definition) is 7. The smallest absolute Gasteiger partial charge is 0.344 e. The number of amides is 1. The van der Waals surface area contributed by atoms with Crippen LogP contribution in [-0.2, 0) is 9.59 Å². The molecule has 0 atom stereocenters. The van der Waals surface area contributed by atoms with Gasteiger partial charge >= 0.3 is 12.0 Å². The minimum Gasteiger partial charge on any atom is -0.493 e. The number of rotatable bonds is 5. The molecule has 1 aromatic carbocycles. The summed E-state index contributed by atoms with van der Waals surface area (Å²) in [4.78, 5) is 28.1. The van der Waals surface area contributed by atoms with Gasteiger partial charge in [0, 0.05) is 5.56 Å². The highest BCUT2D eigenvalue weighted by Gasteiger charge is 2.57. The van der Waals surface area contributed by atoms with Gasteiger partial charge in [0.25, 0.3) is 0 Å². The Labute approximate surface area is 159 Å². The average molecular weight is 377 g/mol. The molecule has 0 unspecified atom stereocenters. The Morgan fingerprint density at radius 3 is 2.50 bits per heavy atom. The van der Waals surface area contributed by atoms with E-state index in [4.69, 9.17) is 20.5 Å². The molecule has 1 amide bonds. The number of benzene rings is 1. The molecule has 1 aliphatic carbocycles. The van der Waals surface area contributed by atoms with Gasteiger partial charge in [0.05, 0.1) is 24.4 Å². The van der Waals surface area contributed by atoms with Gasteiger partial charge in [-0.15, -0.1) is 5.10 Å². The summed E-state index contributed by atoms with van der Waals surface area (Å²) in [5, 5.41) is 13.2. The molecule has 1 aliphatic rings. The average Bonchev–Trinajstić information content (AvgIpc) is 3.42. The number of pyridine rings is 1. The molecule has 1 saturated carbocycles. The Morgan fingerprint density at radius 2 is 1.93 bits per heavy atom. The first-order valence-electron chi connectivity index (χ1n) is 8.45. The second kappa shape index (κ2) is 6.35. The Hall–Kier alpha value is -3.93. The summed E-state index contributed by atoms with van der Waals surface area (Å²) in [6.45, 7) is 0. The van der Waals surface area contributed by atoms with E-state index in [1.807, 2.05) is 0 Å². The number of hydrogen-bond donors (Lipinski definition) is 1. The van der Waals surface area contributed by atoms with Crippen molar-refractivity contribution in [2.24, 2.45) is 11.1 Å². The molecule has 2 aromatic heterocycles. The third-order valence-electron chi connectivity index (χ3n) is 4.75. The predicted octanol–water partition coefficient (Wildman–Crippen LogP) is 1.45. The maximum absolute atomic E-state index is 12.3. The molecule has 0 aliphatic heterocycles. The van der Waals surface area contributed by atoms with Crippen LogP contribution in [0.2, 0.25) is 0 Å². The van der Waals surface area contributed by atoms with E-state index in [9.17, 15) is 9.59 Å². The van der Waals surface area contributed by atoms with Gasteiger partial charge in [-0.1, -0.05) is 12.1 Å². The van der Waals surface area contributed by atoms with Crippen molar-refractivity contribution in [3.63, 3.8) is 0 Å². The molecule has 1 fully saturated rings. The second-order valence-corrected chi connectivity index (χ2v) is 6.44. The molecule has 2 heterocycles. The fourth-order valence-electron chi connectivity index (χ4n) is 2.91. The maximum atomic E-state index is 12.3. The zero-order chi connectivity index (χ0) is 19.9. The second-order valence-electron chi connectivity index (χ2n) is 6.44. The van der Waals surface area contributed by atoms with Gasteiger partial charge in [-0.3, -0.25) is 9.59 Å². The van der Waals surface area contributed by atoms with Crippen molar-refractivity contribution in [3.05, 3.63) is 42.0 Å². The molecule has 2 N–H and O–H groups in total. The summed E-state index contributed by atoms with van der Waals surface area (Å²) in [5.41, 5.74) is 6.34. The lowest BCUT2D eigenvalue weighted by Crippen LogP contribution is -2.35. The van der Waals surface area contributed by atoms with E-state index in [1.54, 1.807) is 36.4 Å². The van der Waals surface area contributed by atoms with Crippen LogP contribution in [0, 0.1) is 16.7 Å². The van der Waals surface area contributed by atoms with Crippen molar-refractivity contribution in [1.29, 1.82) is 5.26 Å². The molecular formula is C19H15N5O4. The van der Waals surface area contributed by atoms with Crippen LogP contribution in [0.4, 0.5) is 0 Å². The first-order chi connectivity index (χ1) is 13.5. The number of ether oxygens (including phenoxy) is 2. The van der Waals surface area contributed by atoms with E-state index < -0.39 is 17.3 Å². The molecule has 0 radical (unpaired) electrons. The topological polar surface area (TPSA) is 133 Å². The maximum Gasteiger partial charge on any atom is 0.344 e. The van der Waals surface area contributed by atoms with Crippen molar-refractivity contribution >= 4 is 17.5 Å². The van der Waals surface area contributed by atoms with Crippen molar-refractivity contribution in [2.75, 3.05) is 7.11 Å². The van der Waals surface area contributed by atoms with Crippen molar-refractivity contribution in [3.8, 4) is 29.1 Å². The normalized spacial score (nSPS) is 14.3. The van der Waals surface area contributed by atoms with E-state index in [2.05, 4.69) is 16.2 Å². The number of aromatic nitrogens is 3. The fourth-order valence-corrected chi connectivity index (χ4v) is 2.91. The lowest BCUT2D eigenvalue weighted by Gasteiger charge is -2.07. The van der Waals surface area contributed by atoms with Gasteiger partial charge in [0.2, 0.25) is 11.6 Å². The fraction of sp³-hybridized carbons (Fsp3) is 0.211. The Balaban J connectivity index is 1.75. The number of nitrogens with zero attached hydrogens (tertiary/aromatic N) is 4. The molecule has 9 heteroatoms. The number of nitriles is 1. The Kier molecular flexibility index (Phi) is 3.96. The summed E-state index contributed by atoms with van der Waals surface area (Å²) in [7, 11) is 1.49. The monoisotopic (exact) mass is 377 g/mol. The van der Waals surface area contributed by atoms with Gasteiger partial charge in [-0.05, 0) is 37.1 Å². The molecule has 140 valence electrons. The predicted molar refractivity (Wildman–Crippen MR) is 96.2 cm³/mol. The van der Waals surface area contributed by atoms with E-state index in [0.29, 0.717) is 35.5 Å². The minimum atomic E-state index is -1.28. The molecule has 0 bridgehead atoms. The summed E-state index contributed by atoms with van der Waals surface area (Å²) in [6.07, 6.45) is 0.711. The molecule has 3 aromatic rings. The van der Waals surface area contributed by atoms with E-state index >= 15 is 0 Å². The van der Waals surface area contributed by atoms with Crippen LogP contribution in [0.15, 0.2) is 36.4 Å². The van der Waals surface area contributed by atoms with Crippen LogP contribution in [0.25, 0.3) is 16.9 Å². The number of methoxy groups -OCH3 is 1. The van der Waals surface area contributed by atoms with E-state index in [0.717, 1.165) is 5.56 Å². The number of carbonyl (C=O) groups excluding carboxylic acids is 2. The molecule has 0 spiro atoms. The standard InChI is InChI=1S/C19H15N5O4/c1-27-14-7-6-13(12-4-2-11(10-20)3-5-12)24-15(14)22-18(23-24)28-17(26)19(8-9-19)16(21)25/h2-7H,8-9H2,1H3,(H2,21,25). The highest BCUT2D eigenvalue weighted by atomic mass is 16.6. The first kappa shape index (κ1) is 17.5. The number of fused-ring (bicyclic) bond motifs is 1. The molecular weight excluding hydrogens is 362 g/mol. The van der Waals surface area contributed by atoms with Gasteiger partial charge in [-0.2, -0.15) is 10.2 Å². The number of primary amides is 1. The summed E-state index contributed by atoms with van der Waals surface area (Å²) in [5.74, 6) is -1.03. The number of esters is 1. The van der Waals surface area contributed by atoms with Crippen LogP contribution in [0.3, 0.4) is 0 Å². The minimum absolute atomic E-state index is 0.197. The summed E-state index contributed by atoms with van der Waals surface area (Å²) in [6, 6.07) is 12.3. The molecule has 9 nitrogen and oxygen atoms in total. The molecule has 28 heavy (non-hydrogen) atoms. The highest BCUT2D eigenvalue weighted by molar-refractivity contribution is 6.05. The summed E-state index contributed by atoms with van der Waals surface area (Å²) >= 11 is 0. The zero-order valence-electron chi connectivity index (χ0n) is 14.9. The zero-order valence-corrected chi connectivity index (χ0v) is 14.9. The van der Waals surface area contributed by atoms with Crippen LogP contribution in [0.1, 0.15) is 18.4 Å². The largest absolute Gasteiger partial charge is 0.493 e. The molecule has 4 rings (SSSR count). The number of carbonyl (C=O) groups is 2. The SMILES string of the molecule is COc1ccc(-c2ccc(C#N)cc2)n2nc(OC(=O)C3(C(N)=O)CC3)nc12. The highest BCUT2D eigenvalue weighted by Crippen LogP contribution is 2.46. The summed E-state index contributed by atoms with van der Waals surface area (Å²) < 4.78 is 12.0. The third kappa shape index (κ3) is 2.72. The van der Waals surface area contributed by atoms with Gasteiger partial charge in [0.15, 0.2) is 5.75 Å². The van der Waals surface area contributed by atoms with Gasteiger partial charge in [0.1, 0.15) is 5.41 Å². The van der Waals surface area contributed by atoms with Gasteiger partial charge in [-0.25, -0.2) is 4.52 Å². The lowest BCUT2D eigenvalue weighted by atomic mass is 10.1. The van der Waals surface area contributed by atoms with Crippen molar-refractivity contribution < 1.29 is 19.1 Å². The van der Waals surface area contributed by atoms with E-state index in [1.165, 1.54) is 11.6 Å². The number of nitrogens with two attached hydrogens (primary N) is 1. The van der Waals surface area contributed by atoms with Gasteiger partial charge < -0.3 is 15.2 Å². The van der Waals surface area contributed by atoms with Crippen LogP contribution in [-0.4, -0.2) is 33.6 Å². The van der Waals surface area contributed by atoms with Crippen LogP contribution < -0.4 is 15.2 Å². The Bertz CT molecular complexity index is 1140. The molecule has 0 saturated heterocycles. The quantitative estimate of drug-likeness (QED) is 0.525. The first-order valence-corrected chi connectivity index (χ1v) is 8.45. The lowest BCUT2D eigenvalue weighted by molar-refractivity contribution is -0.146. The Morgan fingerprint density at radius 1 is 1.21 bits per heavy atom. The van der Waals surface area contributed by atoms with Crippen LogP contribution in [0.5, 0.6) is 11.8 Å². The third-order valence-corrected chi connectivity index (χ3v) is 4.75. The van der Waals surface area contributed by atoms with Crippen LogP contribution >= 0.6 is 0 Å². The van der Waals surface area contributed by atoms with Crippen molar-refractivity contribution in [1.82, 2.24) is 14.6 Å².